The zero-order valence-corrected chi connectivity index (χ0v) is 12.0. The van der Waals surface area contributed by atoms with Crippen LogP contribution in [0.15, 0.2) is 0 Å². The van der Waals surface area contributed by atoms with Crippen molar-refractivity contribution in [3.05, 3.63) is 0 Å². The lowest BCUT2D eigenvalue weighted by atomic mass is 10.1. The topological polar surface area (TPSA) is 30.5 Å². The highest BCUT2D eigenvalue weighted by atomic mass is 16.5. The Morgan fingerprint density at radius 2 is 1.76 bits per heavy atom. The van der Waals surface area contributed by atoms with E-state index in [0.29, 0.717) is 19.3 Å². The monoisotopic (exact) mass is 245 g/mol. The van der Waals surface area contributed by atoms with Gasteiger partial charge in [0.15, 0.2) is 0 Å². The number of ether oxygens (including phenoxy) is 2. The van der Waals surface area contributed by atoms with Crippen molar-refractivity contribution in [1.82, 2.24) is 5.32 Å². The fourth-order valence-electron chi connectivity index (χ4n) is 1.87. The van der Waals surface area contributed by atoms with Crippen molar-refractivity contribution < 1.29 is 9.47 Å². The fourth-order valence-corrected chi connectivity index (χ4v) is 1.87. The molecular formula is C14H31NO2. The lowest BCUT2D eigenvalue weighted by molar-refractivity contribution is 0.0692. The molecule has 0 aliphatic carbocycles. The molecule has 0 fully saturated rings. The third kappa shape index (κ3) is 12.1. The molecule has 0 heterocycles. The van der Waals surface area contributed by atoms with E-state index in [-0.39, 0.29) is 0 Å². The molecule has 0 aromatic carbocycles. The molecule has 0 rings (SSSR count). The van der Waals surface area contributed by atoms with Gasteiger partial charge in [0, 0.05) is 19.8 Å². The second-order valence-corrected chi connectivity index (χ2v) is 4.54. The van der Waals surface area contributed by atoms with E-state index in [1.54, 1.807) is 7.11 Å². The lowest BCUT2D eigenvalue weighted by Crippen LogP contribution is -2.30. The van der Waals surface area contributed by atoms with E-state index in [0.717, 1.165) is 19.6 Å². The summed E-state index contributed by atoms with van der Waals surface area (Å²) in [6.45, 7) is 7.83. The Kier molecular flexibility index (Phi) is 13.8. The molecule has 104 valence electrons. The summed E-state index contributed by atoms with van der Waals surface area (Å²) in [4.78, 5) is 0. The van der Waals surface area contributed by atoms with Crippen LogP contribution in [0.5, 0.6) is 0 Å². The molecule has 0 amide bonds. The molecule has 0 saturated carbocycles. The van der Waals surface area contributed by atoms with E-state index in [4.69, 9.17) is 9.47 Å². The van der Waals surface area contributed by atoms with Gasteiger partial charge in [-0.15, -0.1) is 0 Å². The van der Waals surface area contributed by atoms with Crippen molar-refractivity contribution in [2.24, 2.45) is 0 Å². The van der Waals surface area contributed by atoms with Crippen LogP contribution in [0.1, 0.15) is 52.4 Å². The first kappa shape index (κ1) is 16.9. The molecule has 0 bridgehead atoms. The van der Waals surface area contributed by atoms with Gasteiger partial charge in [0.25, 0.3) is 0 Å². The summed E-state index contributed by atoms with van der Waals surface area (Å²) in [5.41, 5.74) is 0. The Morgan fingerprint density at radius 1 is 0.941 bits per heavy atom. The van der Waals surface area contributed by atoms with Crippen molar-refractivity contribution in [2.75, 3.05) is 33.5 Å². The SMILES string of the molecule is CCCCC(CCC)NCCCOCCOC. The highest BCUT2D eigenvalue weighted by Gasteiger charge is 2.05. The molecule has 3 nitrogen and oxygen atoms in total. The normalized spacial score (nSPS) is 12.9. The maximum absolute atomic E-state index is 5.43. The molecule has 0 aliphatic heterocycles. The summed E-state index contributed by atoms with van der Waals surface area (Å²) in [6, 6.07) is 0.707. The van der Waals surface area contributed by atoms with Gasteiger partial charge in [-0.25, -0.2) is 0 Å². The molecule has 1 unspecified atom stereocenters. The van der Waals surface area contributed by atoms with Crippen LogP contribution >= 0.6 is 0 Å². The molecule has 0 spiro atoms. The second-order valence-electron chi connectivity index (χ2n) is 4.54. The summed E-state index contributed by atoms with van der Waals surface area (Å²) < 4.78 is 10.4. The second kappa shape index (κ2) is 13.9. The summed E-state index contributed by atoms with van der Waals surface area (Å²) in [5.74, 6) is 0. The van der Waals surface area contributed by atoms with Crippen LogP contribution in [-0.4, -0.2) is 39.5 Å². The minimum absolute atomic E-state index is 0.697. The third-order valence-corrected chi connectivity index (χ3v) is 2.87. The average molecular weight is 245 g/mol. The van der Waals surface area contributed by atoms with E-state index in [9.17, 15) is 0 Å². The van der Waals surface area contributed by atoms with Gasteiger partial charge in [-0.1, -0.05) is 33.1 Å². The number of unbranched alkanes of at least 4 members (excludes halogenated alkanes) is 1. The predicted octanol–water partition coefficient (Wildman–Crippen LogP) is 2.99. The summed E-state index contributed by atoms with van der Waals surface area (Å²) >= 11 is 0. The number of hydrogen-bond donors (Lipinski definition) is 1. The average Bonchev–Trinajstić information content (AvgIpc) is 2.34. The Bertz CT molecular complexity index is 142. The van der Waals surface area contributed by atoms with Gasteiger partial charge >= 0.3 is 0 Å². The zero-order chi connectivity index (χ0) is 12.8. The first-order valence-electron chi connectivity index (χ1n) is 7.15. The van der Waals surface area contributed by atoms with Crippen LogP contribution in [0.4, 0.5) is 0 Å². The lowest BCUT2D eigenvalue weighted by Gasteiger charge is -2.17. The van der Waals surface area contributed by atoms with Gasteiger partial charge in [-0.2, -0.15) is 0 Å². The Labute approximate surface area is 107 Å². The molecule has 0 aromatic rings. The molecule has 1 N–H and O–H groups in total. The van der Waals surface area contributed by atoms with Gasteiger partial charge < -0.3 is 14.8 Å². The third-order valence-electron chi connectivity index (χ3n) is 2.87. The van der Waals surface area contributed by atoms with E-state index in [1.165, 1.54) is 32.1 Å². The van der Waals surface area contributed by atoms with Crippen LogP contribution in [0.2, 0.25) is 0 Å². The van der Waals surface area contributed by atoms with Gasteiger partial charge in [-0.3, -0.25) is 0 Å². The molecule has 0 aliphatic rings. The van der Waals surface area contributed by atoms with Gasteiger partial charge in [0.1, 0.15) is 0 Å². The quantitative estimate of drug-likeness (QED) is 0.506. The number of nitrogens with one attached hydrogen (secondary N) is 1. The highest BCUT2D eigenvalue weighted by molar-refractivity contribution is 4.65. The van der Waals surface area contributed by atoms with E-state index in [2.05, 4.69) is 19.2 Å². The molecule has 3 heteroatoms. The number of rotatable bonds is 13. The Hall–Kier alpha value is -0.120. The minimum Gasteiger partial charge on any atom is -0.382 e. The van der Waals surface area contributed by atoms with E-state index >= 15 is 0 Å². The van der Waals surface area contributed by atoms with Crippen LogP contribution < -0.4 is 5.32 Å². The molecule has 1 atom stereocenters. The number of methoxy groups -OCH3 is 1. The van der Waals surface area contributed by atoms with Gasteiger partial charge in [0.2, 0.25) is 0 Å². The van der Waals surface area contributed by atoms with Crippen molar-refractivity contribution in [2.45, 2.75) is 58.4 Å². The standard InChI is InChI=1S/C14H31NO2/c1-4-6-9-14(8-5-2)15-10-7-11-17-13-12-16-3/h14-15H,4-13H2,1-3H3. The smallest absolute Gasteiger partial charge is 0.0700 e. The van der Waals surface area contributed by atoms with Crippen LogP contribution in [-0.2, 0) is 9.47 Å². The highest BCUT2D eigenvalue weighted by Crippen LogP contribution is 2.06. The van der Waals surface area contributed by atoms with Crippen LogP contribution in [0.25, 0.3) is 0 Å². The molecular weight excluding hydrogens is 214 g/mol. The van der Waals surface area contributed by atoms with Gasteiger partial charge in [-0.05, 0) is 25.8 Å². The first-order chi connectivity index (χ1) is 8.35. The maximum Gasteiger partial charge on any atom is 0.0700 e. The zero-order valence-electron chi connectivity index (χ0n) is 12.0. The Balaban J connectivity index is 3.34. The predicted molar refractivity (Wildman–Crippen MR) is 73.5 cm³/mol. The summed E-state index contributed by atoms with van der Waals surface area (Å²) in [5, 5.41) is 3.64. The van der Waals surface area contributed by atoms with E-state index < -0.39 is 0 Å². The molecule has 0 saturated heterocycles. The minimum atomic E-state index is 0.697. The maximum atomic E-state index is 5.43. The van der Waals surface area contributed by atoms with Crippen molar-refractivity contribution in [3.63, 3.8) is 0 Å². The molecule has 0 radical (unpaired) electrons. The largest absolute Gasteiger partial charge is 0.382 e. The van der Waals surface area contributed by atoms with Gasteiger partial charge in [0.05, 0.1) is 13.2 Å². The van der Waals surface area contributed by atoms with Crippen LogP contribution in [0, 0.1) is 0 Å². The Morgan fingerprint density at radius 3 is 2.41 bits per heavy atom. The summed E-state index contributed by atoms with van der Waals surface area (Å²) in [6.07, 6.45) is 7.60. The first-order valence-corrected chi connectivity index (χ1v) is 7.15. The molecule has 0 aromatic heterocycles. The van der Waals surface area contributed by atoms with Crippen molar-refractivity contribution in [3.8, 4) is 0 Å². The molecule has 17 heavy (non-hydrogen) atoms. The summed E-state index contributed by atoms with van der Waals surface area (Å²) in [7, 11) is 1.70. The fraction of sp³-hybridized carbons (Fsp3) is 1.00. The van der Waals surface area contributed by atoms with Crippen molar-refractivity contribution >= 4 is 0 Å². The number of hydrogen-bond acceptors (Lipinski definition) is 3. The van der Waals surface area contributed by atoms with Crippen molar-refractivity contribution in [1.29, 1.82) is 0 Å². The van der Waals surface area contributed by atoms with Crippen LogP contribution in [0.3, 0.4) is 0 Å². The van der Waals surface area contributed by atoms with E-state index in [1.807, 2.05) is 0 Å².